The molecule has 0 saturated heterocycles. The Bertz CT molecular complexity index is 755. The van der Waals surface area contributed by atoms with Crippen molar-refractivity contribution in [2.24, 2.45) is 0 Å². The molecule has 116 valence electrons. The topological polar surface area (TPSA) is 111 Å². The van der Waals surface area contributed by atoms with Crippen LogP contribution in [-0.2, 0) is 20.9 Å². The lowest BCUT2D eigenvalue weighted by molar-refractivity contribution is -0.146. The maximum atomic E-state index is 12.2. The minimum atomic E-state index is -1.17. The van der Waals surface area contributed by atoms with E-state index in [-0.39, 0.29) is 12.1 Å². The third-order valence-corrected chi connectivity index (χ3v) is 3.05. The zero-order chi connectivity index (χ0) is 16.1. The van der Waals surface area contributed by atoms with Gasteiger partial charge >= 0.3 is 5.97 Å². The van der Waals surface area contributed by atoms with Crippen LogP contribution in [0.25, 0.3) is 10.9 Å². The molecular formula is C14H15N3O5. The van der Waals surface area contributed by atoms with Crippen LogP contribution in [0.1, 0.15) is 0 Å². The van der Waals surface area contributed by atoms with E-state index in [4.69, 9.17) is 5.11 Å². The van der Waals surface area contributed by atoms with E-state index < -0.39 is 24.5 Å². The zero-order valence-corrected chi connectivity index (χ0v) is 11.9. The fraction of sp³-hybridized carbons (Fsp3) is 0.286. The summed E-state index contributed by atoms with van der Waals surface area (Å²) in [4.78, 5) is 39.5. The predicted octanol–water partition coefficient (Wildman–Crippen LogP) is -0.953. The molecule has 1 amide bonds. The third kappa shape index (κ3) is 3.29. The Kier molecular flexibility index (Phi) is 4.84. The van der Waals surface area contributed by atoms with Gasteiger partial charge in [-0.2, -0.15) is 0 Å². The van der Waals surface area contributed by atoms with Gasteiger partial charge < -0.3 is 15.2 Å². The zero-order valence-electron chi connectivity index (χ0n) is 11.9. The summed E-state index contributed by atoms with van der Waals surface area (Å²) in [7, 11) is 1.15. The number of nitrogens with zero attached hydrogens (tertiary/aromatic N) is 2. The maximum Gasteiger partial charge on any atom is 0.330 e. The summed E-state index contributed by atoms with van der Waals surface area (Å²) < 4.78 is 5.57. The molecule has 0 saturated carbocycles. The quantitative estimate of drug-likeness (QED) is 0.689. The van der Waals surface area contributed by atoms with Gasteiger partial charge in [-0.15, -0.1) is 0 Å². The molecule has 1 heterocycles. The Balaban J connectivity index is 2.17. The molecule has 1 aromatic carbocycles. The number of para-hydroxylation sites is 1. The molecule has 0 bridgehead atoms. The molecule has 22 heavy (non-hydrogen) atoms. The largest absolute Gasteiger partial charge is 0.467 e. The van der Waals surface area contributed by atoms with E-state index in [1.165, 1.54) is 6.33 Å². The standard InChI is InChI=1S/C14H15N3O5/c1-22-14(21)11(7-18)16-12(19)6-17-8-15-10-5-3-2-4-9(10)13(17)20/h2-5,8,11,18H,6-7H2,1H3,(H,16,19)/t11-/m1/s1. The van der Waals surface area contributed by atoms with Gasteiger partial charge in [0.25, 0.3) is 5.56 Å². The van der Waals surface area contributed by atoms with Crippen LogP contribution in [0.15, 0.2) is 35.4 Å². The summed E-state index contributed by atoms with van der Waals surface area (Å²) in [6.07, 6.45) is 1.26. The third-order valence-electron chi connectivity index (χ3n) is 3.05. The first-order valence-corrected chi connectivity index (χ1v) is 6.49. The Hall–Kier alpha value is -2.74. The lowest BCUT2D eigenvalue weighted by Gasteiger charge is -2.14. The second-order valence-electron chi connectivity index (χ2n) is 4.52. The van der Waals surface area contributed by atoms with Crippen molar-refractivity contribution in [1.82, 2.24) is 14.9 Å². The van der Waals surface area contributed by atoms with Crippen LogP contribution in [0, 0.1) is 0 Å². The van der Waals surface area contributed by atoms with Crippen molar-refractivity contribution in [2.75, 3.05) is 13.7 Å². The highest BCUT2D eigenvalue weighted by Crippen LogP contribution is 2.04. The van der Waals surface area contributed by atoms with Crippen LogP contribution in [-0.4, -0.2) is 46.3 Å². The number of carbonyl (C=O) groups is 2. The summed E-state index contributed by atoms with van der Waals surface area (Å²) in [6.45, 7) is -0.909. The normalized spacial score (nSPS) is 11.9. The molecule has 0 aliphatic heterocycles. The van der Waals surface area contributed by atoms with E-state index in [0.29, 0.717) is 10.9 Å². The van der Waals surface area contributed by atoms with Crippen LogP contribution in [0.4, 0.5) is 0 Å². The summed E-state index contributed by atoms with van der Waals surface area (Å²) in [5.41, 5.74) is 0.173. The molecule has 2 rings (SSSR count). The van der Waals surface area contributed by atoms with E-state index >= 15 is 0 Å². The SMILES string of the molecule is COC(=O)[C@@H](CO)NC(=O)Cn1cnc2ccccc2c1=O. The van der Waals surface area contributed by atoms with Gasteiger partial charge in [-0.1, -0.05) is 12.1 Å². The molecule has 0 unspecified atom stereocenters. The Labute approximate surface area is 125 Å². The first-order valence-electron chi connectivity index (χ1n) is 6.49. The molecule has 2 N–H and O–H groups in total. The van der Waals surface area contributed by atoms with Crippen molar-refractivity contribution in [2.45, 2.75) is 12.6 Å². The Morgan fingerprint density at radius 3 is 2.82 bits per heavy atom. The van der Waals surface area contributed by atoms with Gasteiger partial charge in [0.1, 0.15) is 6.54 Å². The second kappa shape index (κ2) is 6.81. The molecule has 2 aromatic rings. The lowest BCUT2D eigenvalue weighted by atomic mass is 10.2. The van der Waals surface area contributed by atoms with Crippen molar-refractivity contribution >= 4 is 22.8 Å². The summed E-state index contributed by atoms with van der Waals surface area (Å²) >= 11 is 0. The van der Waals surface area contributed by atoms with Crippen molar-refractivity contribution in [3.63, 3.8) is 0 Å². The highest BCUT2D eigenvalue weighted by molar-refractivity contribution is 5.84. The number of nitrogens with one attached hydrogen (secondary N) is 1. The fourth-order valence-electron chi connectivity index (χ4n) is 1.93. The molecule has 1 atom stereocenters. The number of hydrogen-bond donors (Lipinski definition) is 2. The number of methoxy groups -OCH3 is 1. The van der Waals surface area contributed by atoms with Crippen LogP contribution in [0.3, 0.4) is 0 Å². The highest BCUT2D eigenvalue weighted by atomic mass is 16.5. The first kappa shape index (κ1) is 15.6. The lowest BCUT2D eigenvalue weighted by Crippen LogP contribution is -2.46. The summed E-state index contributed by atoms with van der Waals surface area (Å²) in [6, 6.07) is 5.61. The van der Waals surface area contributed by atoms with E-state index in [2.05, 4.69) is 15.0 Å². The average molecular weight is 305 g/mol. The number of aromatic nitrogens is 2. The number of ether oxygens (including phenoxy) is 1. The molecule has 1 aromatic heterocycles. The number of benzene rings is 1. The van der Waals surface area contributed by atoms with Crippen LogP contribution in [0.2, 0.25) is 0 Å². The number of rotatable bonds is 5. The average Bonchev–Trinajstić information content (AvgIpc) is 2.54. The van der Waals surface area contributed by atoms with Crippen molar-refractivity contribution < 1.29 is 19.4 Å². The van der Waals surface area contributed by atoms with Crippen molar-refractivity contribution in [1.29, 1.82) is 0 Å². The van der Waals surface area contributed by atoms with Crippen LogP contribution < -0.4 is 10.9 Å². The molecule has 8 nitrogen and oxygen atoms in total. The van der Waals surface area contributed by atoms with Crippen LogP contribution in [0.5, 0.6) is 0 Å². The van der Waals surface area contributed by atoms with Gasteiger partial charge in [-0.25, -0.2) is 9.78 Å². The van der Waals surface area contributed by atoms with Gasteiger partial charge in [0.05, 0.1) is 30.9 Å². The predicted molar refractivity (Wildman–Crippen MR) is 77.0 cm³/mol. The Morgan fingerprint density at radius 2 is 2.14 bits per heavy atom. The highest BCUT2D eigenvalue weighted by Gasteiger charge is 2.20. The maximum absolute atomic E-state index is 12.2. The van der Waals surface area contributed by atoms with E-state index in [0.717, 1.165) is 11.7 Å². The summed E-state index contributed by atoms with van der Waals surface area (Å²) in [5.74, 6) is -1.37. The van der Waals surface area contributed by atoms with Crippen LogP contribution >= 0.6 is 0 Å². The number of carbonyl (C=O) groups excluding carboxylic acids is 2. The molecule has 0 fully saturated rings. The number of fused-ring (bicyclic) bond motifs is 1. The first-order chi connectivity index (χ1) is 10.6. The van der Waals surface area contributed by atoms with E-state index in [1.54, 1.807) is 24.3 Å². The van der Waals surface area contributed by atoms with Crippen molar-refractivity contribution in [3.05, 3.63) is 40.9 Å². The number of aliphatic hydroxyl groups is 1. The van der Waals surface area contributed by atoms with Crippen molar-refractivity contribution in [3.8, 4) is 0 Å². The van der Waals surface area contributed by atoms with E-state index in [9.17, 15) is 14.4 Å². The molecule has 0 aliphatic carbocycles. The molecule has 0 radical (unpaired) electrons. The van der Waals surface area contributed by atoms with Gasteiger partial charge in [0.15, 0.2) is 6.04 Å². The second-order valence-corrected chi connectivity index (χ2v) is 4.52. The molecular weight excluding hydrogens is 290 g/mol. The Morgan fingerprint density at radius 1 is 1.41 bits per heavy atom. The number of amides is 1. The van der Waals surface area contributed by atoms with E-state index in [1.807, 2.05) is 0 Å². The fourth-order valence-corrected chi connectivity index (χ4v) is 1.93. The van der Waals surface area contributed by atoms with Gasteiger partial charge in [0.2, 0.25) is 5.91 Å². The summed E-state index contributed by atoms with van der Waals surface area (Å²) in [5, 5.41) is 11.7. The molecule has 0 aliphatic rings. The molecule has 0 spiro atoms. The minimum absolute atomic E-state index is 0.315. The smallest absolute Gasteiger partial charge is 0.330 e. The number of aliphatic hydroxyl groups excluding tert-OH is 1. The number of esters is 1. The minimum Gasteiger partial charge on any atom is -0.467 e. The monoisotopic (exact) mass is 305 g/mol. The van der Waals surface area contributed by atoms with Gasteiger partial charge in [-0.3, -0.25) is 14.2 Å². The molecule has 8 heteroatoms. The number of hydrogen-bond acceptors (Lipinski definition) is 6. The van der Waals surface area contributed by atoms with Gasteiger partial charge in [-0.05, 0) is 12.1 Å². The van der Waals surface area contributed by atoms with Gasteiger partial charge in [0, 0.05) is 0 Å².